The van der Waals surface area contributed by atoms with E-state index in [0.29, 0.717) is 30.1 Å². The molecule has 1 aromatic carbocycles. The summed E-state index contributed by atoms with van der Waals surface area (Å²) >= 11 is 6.07. The second-order valence-corrected chi connectivity index (χ2v) is 6.41. The van der Waals surface area contributed by atoms with Crippen molar-refractivity contribution >= 4 is 35.6 Å². The van der Waals surface area contributed by atoms with Gasteiger partial charge in [0.2, 0.25) is 5.91 Å². The molecule has 2 unspecified atom stereocenters. The van der Waals surface area contributed by atoms with Gasteiger partial charge in [-0.05, 0) is 49.9 Å². The Balaban J connectivity index is 0.00000242. The fraction of sp³-hybridized carbons (Fsp3) is 0.562. The second kappa shape index (κ2) is 8.73. The van der Waals surface area contributed by atoms with Crippen molar-refractivity contribution in [2.75, 3.05) is 25.0 Å². The van der Waals surface area contributed by atoms with Crippen molar-refractivity contribution in [2.45, 2.75) is 32.7 Å². The van der Waals surface area contributed by atoms with Crippen LogP contribution >= 0.6 is 24.0 Å². The number of hydrogen-bond acceptors (Lipinski definition) is 3. The molecular formula is C16H25Cl2N3O. The van der Waals surface area contributed by atoms with Crippen molar-refractivity contribution in [3.05, 3.63) is 28.8 Å². The van der Waals surface area contributed by atoms with E-state index in [-0.39, 0.29) is 18.3 Å². The average molecular weight is 346 g/mol. The van der Waals surface area contributed by atoms with Crippen LogP contribution in [0.15, 0.2) is 18.2 Å². The number of halogens is 2. The van der Waals surface area contributed by atoms with Gasteiger partial charge in [0, 0.05) is 23.3 Å². The highest BCUT2D eigenvalue weighted by Crippen LogP contribution is 2.22. The topological polar surface area (TPSA) is 58.4 Å². The van der Waals surface area contributed by atoms with Crippen molar-refractivity contribution in [3.63, 3.8) is 0 Å². The lowest BCUT2D eigenvalue weighted by atomic mass is 9.92. The minimum Gasteiger partial charge on any atom is -0.329 e. The first-order valence-electron chi connectivity index (χ1n) is 7.49. The summed E-state index contributed by atoms with van der Waals surface area (Å²) in [6, 6.07) is 5.87. The zero-order valence-electron chi connectivity index (χ0n) is 13.1. The van der Waals surface area contributed by atoms with E-state index in [1.54, 1.807) is 6.07 Å². The minimum absolute atomic E-state index is 0. The molecule has 1 saturated heterocycles. The van der Waals surface area contributed by atoms with E-state index in [2.05, 4.69) is 17.1 Å². The van der Waals surface area contributed by atoms with Crippen LogP contribution in [-0.4, -0.2) is 36.5 Å². The number of aryl methyl sites for hydroxylation is 1. The number of nitrogens with one attached hydrogen (secondary N) is 1. The van der Waals surface area contributed by atoms with E-state index in [1.165, 1.54) is 0 Å². The SMILES string of the molecule is Cc1ccc(NC(=O)CN2CCC(C)CC2CN)cc1Cl.Cl. The number of amides is 1. The van der Waals surface area contributed by atoms with E-state index in [9.17, 15) is 4.79 Å². The first kappa shape index (κ1) is 19.2. The molecular weight excluding hydrogens is 321 g/mol. The maximum absolute atomic E-state index is 12.2. The van der Waals surface area contributed by atoms with Crippen LogP contribution in [-0.2, 0) is 4.79 Å². The highest BCUT2D eigenvalue weighted by molar-refractivity contribution is 6.31. The van der Waals surface area contributed by atoms with E-state index >= 15 is 0 Å². The number of anilines is 1. The number of nitrogens with zero attached hydrogens (tertiary/aromatic N) is 1. The molecule has 1 amide bonds. The van der Waals surface area contributed by atoms with Gasteiger partial charge >= 0.3 is 0 Å². The van der Waals surface area contributed by atoms with Gasteiger partial charge in [0.05, 0.1) is 6.54 Å². The lowest BCUT2D eigenvalue weighted by Crippen LogP contribution is -2.49. The van der Waals surface area contributed by atoms with Crippen molar-refractivity contribution in [2.24, 2.45) is 11.7 Å². The van der Waals surface area contributed by atoms with Gasteiger partial charge in [0.15, 0.2) is 0 Å². The van der Waals surface area contributed by atoms with Gasteiger partial charge in [-0.25, -0.2) is 0 Å². The van der Waals surface area contributed by atoms with Gasteiger partial charge < -0.3 is 11.1 Å². The molecule has 3 N–H and O–H groups in total. The Hall–Kier alpha value is -0.810. The van der Waals surface area contributed by atoms with Crippen LogP contribution in [0.25, 0.3) is 0 Å². The van der Waals surface area contributed by atoms with Crippen LogP contribution < -0.4 is 11.1 Å². The summed E-state index contributed by atoms with van der Waals surface area (Å²) in [5, 5.41) is 3.57. The largest absolute Gasteiger partial charge is 0.329 e. The molecule has 1 fully saturated rings. The molecule has 6 heteroatoms. The number of carbonyl (C=O) groups excluding carboxylic acids is 1. The molecule has 2 rings (SSSR count). The molecule has 0 aliphatic carbocycles. The Labute approximate surface area is 143 Å². The Bertz CT molecular complexity index is 510. The summed E-state index contributed by atoms with van der Waals surface area (Å²) < 4.78 is 0. The Morgan fingerprint density at radius 2 is 2.23 bits per heavy atom. The van der Waals surface area contributed by atoms with Crippen molar-refractivity contribution in [1.29, 1.82) is 0 Å². The second-order valence-electron chi connectivity index (χ2n) is 6.00. The zero-order chi connectivity index (χ0) is 15.4. The standard InChI is InChI=1S/C16H24ClN3O.ClH/c1-11-5-6-20(14(7-11)9-18)10-16(21)19-13-4-3-12(2)15(17)8-13;/h3-4,8,11,14H,5-7,9-10,18H2,1-2H3,(H,19,21);1H. The van der Waals surface area contributed by atoms with Gasteiger partial charge in [-0.15, -0.1) is 12.4 Å². The van der Waals surface area contributed by atoms with Gasteiger partial charge in [-0.1, -0.05) is 24.6 Å². The van der Waals surface area contributed by atoms with Crippen LogP contribution in [0.4, 0.5) is 5.69 Å². The molecule has 1 aliphatic heterocycles. The maximum Gasteiger partial charge on any atom is 0.238 e. The summed E-state index contributed by atoms with van der Waals surface area (Å²) in [6.07, 6.45) is 2.19. The van der Waals surface area contributed by atoms with Crippen LogP contribution in [0, 0.1) is 12.8 Å². The third kappa shape index (κ3) is 5.13. The summed E-state index contributed by atoms with van der Waals surface area (Å²) in [7, 11) is 0. The number of likely N-dealkylation sites (tertiary alicyclic amines) is 1. The number of rotatable bonds is 4. The Morgan fingerprint density at radius 1 is 1.50 bits per heavy atom. The van der Waals surface area contributed by atoms with Crippen molar-refractivity contribution < 1.29 is 4.79 Å². The number of hydrogen-bond donors (Lipinski definition) is 2. The predicted molar refractivity (Wildman–Crippen MR) is 94.9 cm³/mol. The van der Waals surface area contributed by atoms with Crippen LogP contribution in [0.5, 0.6) is 0 Å². The molecule has 2 atom stereocenters. The monoisotopic (exact) mass is 345 g/mol. The highest BCUT2D eigenvalue weighted by Gasteiger charge is 2.26. The molecule has 1 heterocycles. The van der Waals surface area contributed by atoms with Crippen LogP contribution in [0.1, 0.15) is 25.3 Å². The molecule has 0 bridgehead atoms. The highest BCUT2D eigenvalue weighted by atomic mass is 35.5. The third-order valence-corrected chi connectivity index (χ3v) is 4.58. The molecule has 0 radical (unpaired) electrons. The van der Waals surface area contributed by atoms with Gasteiger partial charge in [-0.2, -0.15) is 0 Å². The quantitative estimate of drug-likeness (QED) is 0.881. The average Bonchev–Trinajstić information content (AvgIpc) is 2.44. The Morgan fingerprint density at radius 3 is 2.86 bits per heavy atom. The molecule has 4 nitrogen and oxygen atoms in total. The lowest BCUT2D eigenvalue weighted by molar-refractivity contribution is -0.118. The first-order valence-corrected chi connectivity index (χ1v) is 7.87. The van der Waals surface area contributed by atoms with Gasteiger partial charge in [0.25, 0.3) is 0 Å². The van der Waals surface area contributed by atoms with E-state index in [4.69, 9.17) is 17.3 Å². The molecule has 0 aromatic heterocycles. The van der Waals surface area contributed by atoms with Crippen molar-refractivity contribution in [1.82, 2.24) is 4.90 Å². The third-order valence-electron chi connectivity index (χ3n) is 4.17. The van der Waals surface area contributed by atoms with E-state index < -0.39 is 0 Å². The summed E-state index contributed by atoms with van der Waals surface area (Å²) in [4.78, 5) is 14.4. The lowest BCUT2D eigenvalue weighted by Gasteiger charge is -2.37. The normalized spacial score (nSPS) is 22.0. The Kier molecular flexibility index (Phi) is 7.63. The number of carbonyl (C=O) groups is 1. The fourth-order valence-electron chi connectivity index (χ4n) is 2.81. The summed E-state index contributed by atoms with van der Waals surface area (Å²) in [5.41, 5.74) is 7.57. The molecule has 1 aliphatic rings. The van der Waals surface area contributed by atoms with Gasteiger partial charge in [0.1, 0.15) is 0 Å². The van der Waals surface area contributed by atoms with Crippen LogP contribution in [0.3, 0.4) is 0 Å². The number of nitrogens with two attached hydrogens (primary N) is 1. The van der Waals surface area contributed by atoms with Gasteiger partial charge in [-0.3, -0.25) is 9.69 Å². The summed E-state index contributed by atoms with van der Waals surface area (Å²) in [6.45, 7) is 6.11. The van der Waals surface area contributed by atoms with E-state index in [1.807, 2.05) is 19.1 Å². The molecule has 22 heavy (non-hydrogen) atoms. The van der Waals surface area contributed by atoms with Crippen LogP contribution in [0.2, 0.25) is 5.02 Å². The number of benzene rings is 1. The summed E-state index contributed by atoms with van der Waals surface area (Å²) in [5.74, 6) is 0.677. The van der Waals surface area contributed by atoms with E-state index in [0.717, 1.165) is 30.6 Å². The number of piperidine rings is 1. The fourth-order valence-corrected chi connectivity index (χ4v) is 2.99. The molecule has 0 saturated carbocycles. The van der Waals surface area contributed by atoms with Crippen molar-refractivity contribution in [3.8, 4) is 0 Å². The first-order chi connectivity index (χ1) is 9.99. The maximum atomic E-state index is 12.2. The molecule has 0 spiro atoms. The zero-order valence-corrected chi connectivity index (χ0v) is 14.7. The molecule has 124 valence electrons. The minimum atomic E-state index is -0.0112. The predicted octanol–water partition coefficient (Wildman–Crippen LogP) is 3.07. The smallest absolute Gasteiger partial charge is 0.238 e. The molecule has 1 aromatic rings.